The second-order valence-corrected chi connectivity index (χ2v) is 7.67. The molecule has 0 radical (unpaired) electrons. The molecular formula is C15H20N2O5S. The van der Waals surface area contributed by atoms with Crippen molar-refractivity contribution in [3.8, 4) is 0 Å². The number of benzene rings is 1. The Hall–Kier alpha value is -1.93. The number of methoxy groups -OCH3 is 1. The molecule has 1 atom stereocenters. The van der Waals surface area contributed by atoms with Gasteiger partial charge in [-0.25, -0.2) is 13.2 Å². The van der Waals surface area contributed by atoms with Crippen molar-refractivity contribution in [2.24, 2.45) is 0 Å². The van der Waals surface area contributed by atoms with Gasteiger partial charge < -0.3 is 10.1 Å². The summed E-state index contributed by atoms with van der Waals surface area (Å²) in [7, 11) is -1.72. The molecule has 0 aliphatic carbocycles. The van der Waals surface area contributed by atoms with Gasteiger partial charge in [0.2, 0.25) is 5.91 Å². The first-order valence-corrected chi connectivity index (χ1v) is 9.08. The number of carbonyl (C=O) groups excluding carboxylic acids is 2. The Balaban J connectivity index is 1.97. The lowest BCUT2D eigenvalue weighted by atomic mass is 10.1. The van der Waals surface area contributed by atoms with Crippen LogP contribution < -0.4 is 5.32 Å². The van der Waals surface area contributed by atoms with Crippen molar-refractivity contribution in [3.05, 3.63) is 35.9 Å². The van der Waals surface area contributed by atoms with E-state index in [4.69, 9.17) is 4.74 Å². The van der Waals surface area contributed by atoms with Crippen molar-refractivity contribution in [1.82, 2.24) is 10.2 Å². The van der Waals surface area contributed by atoms with Gasteiger partial charge in [0.05, 0.1) is 25.2 Å². The molecule has 1 N–H and O–H groups in total. The average molecular weight is 340 g/mol. The van der Waals surface area contributed by atoms with E-state index in [1.165, 1.54) is 7.11 Å². The lowest BCUT2D eigenvalue weighted by molar-refractivity contribution is -0.145. The average Bonchev–Trinajstić information content (AvgIpc) is 2.55. The highest BCUT2D eigenvalue weighted by Gasteiger charge is 2.26. The minimum absolute atomic E-state index is 0.0514. The molecule has 1 aromatic carbocycles. The quantitative estimate of drug-likeness (QED) is 0.743. The maximum Gasteiger partial charge on any atom is 0.333 e. The molecule has 1 unspecified atom stereocenters. The highest BCUT2D eigenvalue weighted by molar-refractivity contribution is 7.91. The van der Waals surface area contributed by atoms with Crippen molar-refractivity contribution >= 4 is 21.7 Å². The summed E-state index contributed by atoms with van der Waals surface area (Å²) in [5.41, 5.74) is 0.633. The van der Waals surface area contributed by atoms with Crippen molar-refractivity contribution in [3.63, 3.8) is 0 Å². The van der Waals surface area contributed by atoms with Crippen LogP contribution in [0, 0.1) is 0 Å². The summed E-state index contributed by atoms with van der Waals surface area (Å²) in [5, 5.41) is 2.65. The molecule has 0 bridgehead atoms. The molecule has 23 heavy (non-hydrogen) atoms. The van der Waals surface area contributed by atoms with E-state index in [0.717, 1.165) is 0 Å². The van der Waals surface area contributed by atoms with Gasteiger partial charge in [-0.2, -0.15) is 0 Å². The first-order chi connectivity index (χ1) is 10.9. The lowest BCUT2D eigenvalue weighted by Crippen LogP contribution is -2.46. The van der Waals surface area contributed by atoms with Crippen molar-refractivity contribution in [2.45, 2.75) is 6.04 Å². The van der Waals surface area contributed by atoms with Crippen LogP contribution in [0.25, 0.3) is 0 Å². The van der Waals surface area contributed by atoms with E-state index in [-0.39, 0.29) is 24.0 Å². The zero-order valence-electron chi connectivity index (χ0n) is 12.9. The molecule has 8 heteroatoms. The molecule has 1 heterocycles. The number of esters is 1. The van der Waals surface area contributed by atoms with Gasteiger partial charge in [0, 0.05) is 13.1 Å². The fraction of sp³-hybridized carbons (Fsp3) is 0.467. The Labute approximate surface area is 135 Å². The van der Waals surface area contributed by atoms with E-state index in [0.29, 0.717) is 18.7 Å². The van der Waals surface area contributed by atoms with Gasteiger partial charge in [0.25, 0.3) is 0 Å². The van der Waals surface area contributed by atoms with Crippen LogP contribution >= 0.6 is 0 Å². The van der Waals surface area contributed by atoms with Gasteiger partial charge in [-0.3, -0.25) is 9.69 Å². The van der Waals surface area contributed by atoms with Gasteiger partial charge in [0.1, 0.15) is 0 Å². The van der Waals surface area contributed by atoms with E-state index in [1.54, 1.807) is 29.2 Å². The molecule has 0 saturated carbocycles. The van der Waals surface area contributed by atoms with Crippen LogP contribution in [0.5, 0.6) is 0 Å². The predicted molar refractivity (Wildman–Crippen MR) is 84.4 cm³/mol. The number of nitrogens with zero attached hydrogens (tertiary/aromatic N) is 1. The Morgan fingerprint density at radius 2 is 1.83 bits per heavy atom. The topological polar surface area (TPSA) is 92.8 Å². The number of hydrogen-bond acceptors (Lipinski definition) is 6. The van der Waals surface area contributed by atoms with Crippen LogP contribution in [0.2, 0.25) is 0 Å². The van der Waals surface area contributed by atoms with Crippen molar-refractivity contribution < 1.29 is 22.7 Å². The molecular weight excluding hydrogens is 320 g/mol. The maximum absolute atomic E-state index is 12.2. The molecule has 2 rings (SSSR count). The molecule has 126 valence electrons. The molecule has 1 fully saturated rings. The third-order valence-corrected chi connectivity index (χ3v) is 5.29. The lowest BCUT2D eigenvalue weighted by Gasteiger charge is -2.26. The second kappa shape index (κ2) is 7.56. The predicted octanol–water partition coefficient (Wildman–Crippen LogP) is -0.253. The largest absolute Gasteiger partial charge is 0.467 e. The summed E-state index contributed by atoms with van der Waals surface area (Å²) in [6.07, 6.45) is 0. The number of sulfone groups is 1. The van der Waals surface area contributed by atoms with Gasteiger partial charge >= 0.3 is 5.97 Å². The third-order valence-electron chi connectivity index (χ3n) is 3.68. The van der Waals surface area contributed by atoms with Gasteiger partial charge in [-0.05, 0) is 5.56 Å². The number of carbonyl (C=O) groups is 2. The summed E-state index contributed by atoms with van der Waals surface area (Å²) in [6, 6.07) is 7.94. The van der Waals surface area contributed by atoms with Crippen LogP contribution in [-0.4, -0.2) is 63.4 Å². The number of ether oxygens (including phenoxy) is 1. The maximum atomic E-state index is 12.2. The Kier molecular flexibility index (Phi) is 5.73. The summed E-state index contributed by atoms with van der Waals surface area (Å²) in [6.45, 7) is 0.698. The van der Waals surface area contributed by atoms with Crippen LogP contribution in [0.4, 0.5) is 0 Å². The zero-order valence-corrected chi connectivity index (χ0v) is 13.7. The third kappa shape index (κ3) is 5.04. The number of nitrogens with one attached hydrogen (secondary N) is 1. The molecule has 1 saturated heterocycles. The van der Waals surface area contributed by atoms with Crippen LogP contribution in [-0.2, 0) is 24.2 Å². The minimum Gasteiger partial charge on any atom is -0.467 e. The standard InChI is InChI=1S/C15H20N2O5S/c1-22-15(19)14(12-5-3-2-4-6-12)16-13(18)11-17-7-9-23(20,21)10-8-17/h2-6,14H,7-11H2,1H3,(H,16,18). The first kappa shape index (κ1) is 17.4. The molecule has 1 aliphatic rings. The summed E-state index contributed by atoms with van der Waals surface area (Å²) in [4.78, 5) is 25.8. The van der Waals surface area contributed by atoms with E-state index in [9.17, 15) is 18.0 Å². The molecule has 1 aliphatic heterocycles. The highest BCUT2D eigenvalue weighted by atomic mass is 32.2. The van der Waals surface area contributed by atoms with E-state index in [2.05, 4.69) is 5.32 Å². The fourth-order valence-corrected chi connectivity index (χ4v) is 3.64. The van der Waals surface area contributed by atoms with E-state index in [1.807, 2.05) is 6.07 Å². The monoisotopic (exact) mass is 340 g/mol. The Morgan fingerprint density at radius 1 is 1.22 bits per heavy atom. The fourth-order valence-electron chi connectivity index (χ4n) is 2.36. The van der Waals surface area contributed by atoms with E-state index >= 15 is 0 Å². The van der Waals surface area contributed by atoms with Crippen LogP contribution in [0.15, 0.2) is 30.3 Å². The van der Waals surface area contributed by atoms with E-state index < -0.39 is 21.8 Å². The molecule has 1 aromatic rings. The van der Waals surface area contributed by atoms with Gasteiger partial charge in [-0.1, -0.05) is 30.3 Å². The first-order valence-electron chi connectivity index (χ1n) is 7.26. The minimum atomic E-state index is -2.98. The smallest absolute Gasteiger partial charge is 0.333 e. The van der Waals surface area contributed by atoms with Crippen LogP contribution in [0.3, 0.4) is 0 Å². The molecule has 0 aromatic heterocycles. The SMILES string of the molecule is COC(=O)C(NC(=O)CN1CCS(=O)(=O)CC1)c1ccccc1. The van der Waals surface area contributed by atoms with Crippen LogP contribution in [0.1, 0.15) is 11.6 Å². The molecule has 0 spiro atoms. The summed E-state index contributed by atoms with van der Waals surface area (Å²) >= 11 is 0. The summed E-state index contributed by atoms with van der Waals surface area (Å²) in [5.74, 6) is -0.784. The number of hydrogen-bond donors (Lipinski definition) is 1. The second-order valence-electron chi connectivity index (χ2n) is 5.36. The normalized spacial score (nSPS) is 18.8. The van der Waals surface area contributed by atoms with Gasteiger partial charge in [-0.15, -0.1) is 0 Å². The summed E-state index contributed by atoms with van der Waals surface area (Å²) < 4.78 is 27.5. The highest BCUT2D eigenvalue weighted by Crippen LogP contribution is 2.14. The molecule has 7 nitrogen and oxygen atoms in total. The van der Waals surface area contributed by atoms with Gasteiger partial charge in [0.15, 0.2) is 15.9 Å². The zero-order chi connectivity index (χ0) is 16.9. The van der Waals surface area contributed by atoms with Crippen molar-refractivity contribution in [1.29, 1.82) is 0 Å². The Bertz CT molecular complexity index is 646. The Morgan fingerprint density at radius 3 is 2.39 bits per heavy atom. The molecule has 1 amide bonds. The van der Waals surface area contributed by atoms with Crippen molar-refractivity contribution in [2.75, 3.05) is 38.2 Å². The number of rotatable bonds is 5. The number of amides is 1.